The van der Waals surface area contributed by atoms with Gasteiger partial charge in [-0.05, 0) is 50.8 Å². The number of hydrogen-bond donors (Lipinski definition) is 2. The predicted octanol–water partition coefficient (Wildman–Crippen LogP) is 2.71. The molecule has 0 bridgehead atoms. The van der Waals surface area contributed by atoms with Crippen molar-refractivity contribution in [2.75, 3.05) is 24.6 Å². The van der Waals surface area contributed by atoms with Crippen molar-refractivity contribution in [2.24, 2.45) is 11.1 Å². The number of aromatic amines is 1. The van der Waals surface area contributed by atoms with Crippen molar-refractivity contribution in [3.63, 3.8) is 0 Å². The number of hydrogen-bond acceptors (Lipinski definition) is 8. The Hall–Kier alpha value is -3.50. The number of nitrogens with one attached hydrogen (secondary N) is 1. The van der Waals surface area contributed by atoms with Crippen molar-refractivity contribution >= 4 is 28.4 Å². The van der Waals surface area contributed by atoms with E-state index >= 15 is 0 Å². The molecule has 3 fully saturated rings. The predicted molar refractivity (Wildman–Crippen MR) is 132 cm³/mol. The smallest absolute Gasteiger partial charge is 0.213 e. The van der Waals surface area contributed by atoms with Crippen molar-refractivity contribution in [2.45, 2.75) is 50.4 Å². The van der Waals surface area contributed by atoms with E-state index in [-0.39, 0.29) is 23.3 Å². The van der Waals surface area contributed by atoms with Crippen LogP contribution in [-0.4, -0.2) is 67.8 Å². The number of nitrogens with two attached hydrogens (primary N) is 1. The monoisotopic (exact) mass is 485 g/mol. The van der Waals surface area contributed by atoms with E-state index in [1.165, 1.54) is 0 Å². The largest absolute Gasteiger partial charge is 0.478 e. The molecule has 1 saturated carbocycles. The lowest BCUT2D eigenvalue weighted by Crippen LogP contribution is -2.51. The number of anilines is 1. The molecule has 184 valence electrons. The zero-order valence-electron chi connectivity index (χ0n) is 20.0. The highest BCUT2D eigenvalue weighted by Gasteiger charge is 2.57. The number of carbonyl (C=O) groups is 1. The third-order valence-electron chi connectivity index (χ3n) is 8.85. The van der Waals surface area contributed by atoms with Crippen LogP contribution >= 0.6 is 0 Å². The van der Waals surface area contributed by atoms with E-state index in [2.05, 4.69) is 27.0 Å². The molecule has 0 amide bonds. The van der Waals surface area contributed by atoms with Gasteiger partial charge in [-0.15, -0.1) is 0 Å². The van der Waals surface area contributed by atoms with Gasteiger partial charge in [0.05, 0.1) is 23.7 Å². The number of Topliss-reactive ketones (excluding diaryl/α,β-unsaturated/α-hetero) is 1. The maximum absolute atomic E-state index is 12.9. The second kappa shape index (κ2) is 6.83. The third-order valence-corrected chi connectivity index (χ3v) is 8.85. The molecule has 36 heavy (non-hydrogen) atoms. The van der Waals surface area contributed by atoms with Crippen LogP contribution in [0.4, 0.5) is 5.95 Å². The molecule has 2 saturated heterocycles. The summed E-state index contributed by atoms with van der Waals surface area (Å²) in [5, 5.41) is 8.57. The van der Waals surface area contributed by atoms with Crippen molar-refractivity contribution in [1.29, 1.82) is 0 Å². The van der Waals surface area contributed by atoms with E-state index in [9.17, 15) is 4.79 Å². The topological polar surface area (TPSA) is 124 Å². The zero-order chi connectivity index (χ0) is 24.2. The van der Waals surface area contributed by atoms with Crippen LogP contribution in [0.2, 0.25) is 0 Å². The second-order valence-electron chi connectivity index (χ2n) is 10.9. The molecule has 2 spiro atoms. The van der Waals surface area contributed by atoms with Crippen molar-refractivity contribution < 1.29 is 14.3 Å². The molecule has 3 aromatic heterocycles. The molecule has 6 heterocycles. The first-order valence-electron chi connectivity index (χ1n) is 12.7. The third kappa shape index (κ3) is 2.63. The highest BCUT2D eigenvalue weighted by molar-refractivity contribution is 6.10. The number of ether oxygens (including phenoxy) is 2. The van der Waals surface area contributed by atoms with Crippen LogP contribution in [0.3, 0.4) is 0 Å². The quantitative estimate of drug-likeness (QED) is 0.444. The van der Waals surface area contributed by atoms with Gasteiger partial charge in [-0.25, -0.2) is 4.98 Å². The molecule has 2 atom stereocenters. The molecule has 0 radical (unpaired) electrons. The number of aromatic nitrogens is 5. The number of carbonyl (C=O) groups excluding carboxylic acids is 1. The van der Waals surface area contributed by atoms with E-state index in [1.807, 2.05) is 28.8 Å². The Bertz CT molecular complexity index is 1560. The van der Waals surface area contributed by atoms with Gasteiger partial charge >= 0.3 is 0 Å². The molecule has 4 aromatic rings. The fraction of sp³-hybridized carbons (Fsp3) is 0.462. The number of fused-ring (bicyclic) bond motifs is 4. The summed E-state index contributed by atoms with van der Waals surface area (Å²) in [6.07, 6.45) is 7.36. The number of rotatable bonds is 2. The lowest BCUT2D eigenvalue weighted by molar-refractivity contribution is 0.0820. The summed E-state index contributed by atoms with van der Waals surface area (Å²) in [6.45, 7) is 4.51. The van der Waals surface area contributed by atoms with Gasteiger partial charge in [-0.3, -0.25) is 14.3 Å². The fourth-order valence-corrected chi connectivity index (χ4v) is 6.37. The van der Waals surface area contributed by atoms with E-state index in [1.54, 1.807) is 6.20 Å². The molecule has 8 rings (SSSR count). The van der Waals surface area contributed by atoms with Crippen LogP contribution in [0, 0.1) is 5.41 Å². The number of piperidine rings is 1. The normalized spacial score (nSPS) is 25.8. The molecule has 0 unspecified atom stereocenters. The molecule has 1 aromatic carbocycles. The van der Waals surface area contributed by atoms with Crippen LogP contribution in [0.1, 0.15) is 43.0 Å². The van der Waals surface area contributed by atoms with Gasteiger partial charge in [0.15, 0.2) is 16.9 Å². The Morgan fingerprint density at radius 2 is 2.03 bits per heavy atom. The first-order chi connectivity index (χ1) is 17.5. The number of nitrogens with zero attached hydrogens (tertiary/aromatic N) is 5. The zero-order valence-corrected chi connectivity index (χ0v) is 20.0. The Labute approximate surface area is 206 Å². The van der Waals surface area contributed by atoms with Gasteiger partial charge in [0, 0.05) is 42.5 Å². The standard InChI is InChI=1S/C26H27N7O3/c1-14-20(27)25(13-35-14)6-9-32(10-7-25)24-29-22-18(23-28-8-11-33(23)24)19(30-31-22)15-2-3-17-16(12-15)21(34)26(36-17)4-5-26/h2-3,8,11-12,14,20H,4-7,9-10,13,27H2,1H3,(H,30,31)/t14-,20+/m0/s1. The Balaban J connectivity index is 1.17. The molecule has 4 aliphatic rings. The van der Waals surface area contributed by atoms with Gasteiger partial charge < -0.3 is 20.1 Å². The minimum absolute atomic E-state index is 0.0446. The second-order valence-corrected chi connectivity index (χ2v) is 10.9. The number of imidazole rings is 1. The first kappa shape index (κ1) is 20.7. The molecule has 10 heteroatoms. The maximum Gasteiger partial charge on any atom is 0.213 e. The fourth-order valence-electron chi connectivity index (χ4n) is 6.37. The van der Waals surface area contributed by atoms with Crippen molar-refractivity contribution in [3.8, 4) is 17.0 Å². The van der Waals surface area contributed by atoms with Crippen LogP contribution in [0.5, 0.6) is 5.75 Å². The Morgan fingerprint density at radius 1 is 1.19 bits per heavy atom. The van der Waals surface area contributed by atoms with Gasteiger partial charge in [0.2, 0.25) is 11.7 Å². The van der Waals surface area contributed by atoms with Crippen LogP contribution in [-0.2, 0) is 4.74 Å². The highest BCUT2D eigenvalue weighted by atomic mass is 16.5. The van der Waals surface area contributed by atoms with E-state index in [0.717, 1.165) is 73.6 Å². The van der Waals surface area contributed by atoms with Crippen LogP contribution < -0.4 is 15.4 Å². The Morgan fingerprint density at radius 3 is 2.78 bits per heavy atom. The maximum atomic E-state index is 12.9. The lowest BCUT2D eigenvalue weighted by atomic mass is 9.73. The van der Waals surface area contributed by atoms with Crippen molar-refractivity contribution in [3.05, 3.63) is 36.2 Å². The summed E-state index contributed by atoms with van der Waals surface area (Å²) in [5.41, 5.74) is 9.63. The van der Waals surface area contributed by atoms with Gasteiger partial charge in [0.1, 0.15) is 11.4 Å². The molecule has 10 nitrogen and oxygen atoms in total. The van der Waals surface area contributed by atoms with Crippen LogP contribution in [0.25, 0.3) is 27.9 Å². The molecule has 1 aliphatic carbocycles. The average Bonchev–Trinajstić information content (AvgIpc) is 3.17. The lowest BCUT2D eigenvalue weighted by Gasteiger charge is -2.41. The minimum Gasteiger partial charge on any atom is -0.478 e. The van der Waals surface area contributed by atoms with Gasteiger partial charge in [-0.1, -0.05) is 0 Å². The van der Waals surface area contributed by atoms with E-state index in [0.29, 0.717) is 17.0 Å². The molecular formula is C26H27N7O3. The summed E-state index contributed by atoms with van der Waals surface area (Å²) < 4.78 is 13.9. The van der Waals surface area contributed by atoms with Crippen LogP contribution in [0.15, 0.2) is 30.6 Å². The molecule has 3 N–H and O–H groups in total. The number of H-pyrrole nitrogens is 1. The summed E-state index contributed by atoms with van der Waals surface area (Å²) in [4.78, 5) is 24.9. The van der Waals surface area contributed by atoms with Gasteiger partial charge in [0.25, 0.3) is 0 Å². The average molecular weight is 486 g/mol. The Kier molecular flexibility index (Phi) is 3.92. The number of ketones is 1. The first-order valence-corrected chi connectivity index (χ1v) is 12.7. The van der Waals surface area contributed by atoms with E-state index in [4.69, 9.17) is 20.2 Å². The number of benzene rings is 1. The summed E-state index contributed by atoms with van der Waals surface area (Å²) in [5.74, 6) is 1.58. The van der Waals surface area contributed by atoms with Crippen molar-refractivity contribution in [1.82, 2.24) is 24.6 Å². The summed E-state index contributed by atoms with van der Waals surface area (Å²) >= 11 is 0. The SMILES string of the molecule is C[C@@H]1OCC2(CCN(c3nc4[nH]nc(-c5ccc6c(c5)C(=O)C5(CC5)O6)c4c4nccn34)CC2)[C@@H]1N. The summed E-state index contributed by atoms with van der Waals surface area (Å²) in [6, 6.07) is 5.79. The molecular weight excluding hydrogens is 458 g/mol. The molecule has 3 aliphatic heterocycles. The highest BCUT2D eigenvalue weighted by Crippen LogP contribution is 2.50. The van der Waals surface area contributed by atoms with Gasteiger partial charge in [-0.2, -0.15) is 10.1 Å². The minimum atomic E-state index is -0.610. The summed E-state index contributed by atoms with van der Waals surface area (Å²) in [7, 11) is 0. The van der Waals surface area contributed by atoms with E-state index < -0.39 is 5.60 Å².